The Morgan fingerprint density at radius 2 is 2.27 bits per heavy atom. The fraction of sp³-hybridized carbons (Fsp3) is 0.455. The molecule has 0 saturated carbocycles. The van der Waals surface area contributed by atoms with Crippen molar-refractivity contribution < 1.29 is 4.74 Å². The van der Waals surface area contributed by atoms with E-state index in [1.54, 1.807) is 0 Å². The van der Waals surface area contributed by atoms with Gasteiger partial charge in [-0.05, 0) is 31.4 Å². The Morgan fingerprint density at radius 1 is 1.27 bits per heavy atom. The first-order valence-electron chi connectivity index (χ1n) is 5.36. The first-order valence-corrected chi connectivity index (χ1v) is 5.36. The van der Waals surface area contributed by atoms with Crippen molar-refractivity contribution in [2.75, 3.05) is 6.61 Å². The van der Waals surface area contributed by atoms with Crippen LogP contribution < -0.4 is 0 Å². The zero-order valence-electron chi connectivity index (χ0n) is 8.47. The average molecular weight is 203 g/mol. The van der Waals surface area contributed by atoms with Gasteiger partial charge in [-0.3, -0.25) is 4.40 Å². The van der Waals surface area contributed by atoms with Crippen molar-refractivity contribution in [2.45, 2.75) is 25.4 Å². The van der Waals surface area contributed by atoms with Crippen LogP contribution in [-0.2, 0) is 4.74 Å². The average Bonchev–Trinajstić information content (AvgIpc) is 2.74. The first kappa shape index (κ1) is 8.85. The van der Waals surface area contributed by atoms with E-state index in [4.69, 9.17) is 4.74 Å². The molecule has 1 atom stereocenters. The Balaban J connectivity index is 2.02. The molecule has 0 spiro atoms. The fourth-order valence-electron chi connectivity index (χ4n) is 2.02. The lowest BCUT2D eigenvalue weighted by Gasteiger charge is -2.20. The highest BCUT2D eigenvalue weighted by Crippen LogP contribution is 2.26. The Hall–Kier alpha value is -1.42. The summed E-state index contributed by atoms with van der Waals surface area (Å²) in [5.74, 6) is 0.935. The van der Waals surface area contributed by atoms with Gasteiger partial charge in [0.15, 0.2) is 11.5 Å². The van der Waals surface area contributed by atoms with Crippen LogP contribution >= 0.6 is 0 Å². The third-order valence-electron chi connectivity index (χ3n) is 2.81. The van der Waals surface area contributed by atoms with Gasteiger partial charge in [-0.25, -0.2) is 0 Å². The molecule has 1 unspecified atom stereocenters. The van der Waals surface area contributed by atoms with Crippen LogP contribution in [0.5, 0.6) is 0 Å². The molecule has 0 radical (unpaired) electrons. The minimum Gasteiger partial charge on any atom is -0.370 e. The van der Waals surface area contributed by atoms with Gasteiger partial charge in [0, 0.05) is 12.8 Å². The number of pyridine rings is 1. The maximum Gasteiger partial charge on any atom is 0.166 e. The van der Waals surface area contributed by atoms with Crippen LogP contribution in [0, 0.1) is 0 Å². The molecule has 2 aromatic heterocycles. The normalized spacial score (nSPS) is 22.0. The van der Waals surface area contributed by atoms with Crippen LogP contribution in [0.15, 0.2) is 24.4 Å². The number of ether oxygens (including phenoxy) is 1. The summed E-state index contributed by atoms with van der Waals surface area (Å²) in [6.07, 6.45) is 5.54. The molecule has 3 rings (SSSR count). The van der Waals surface area contributed by atoms with Crippen molar-refractivity contribution in [1.29, 1.82) is 0 Å². The molecule has 0 aromatic carbocycles. The van der Waals surface area contributed by atoms with Crippen LogP contribution in [0.3, 0.4) is 0 Å². The molecule has 78 valence electrons. The summed E-state index contributed by atoms with van der Waals surface area (Å²) in [5.41, 5.74) is 0.890. The van der Waals surface area contributed by atoms with Crippen molar-refractivity contribution in [2.24, 2.45) is 0 Å². The van der Waals surface area contributed by atoms with E-state index in [1.165, 1.54) is 6.42 Å². The van der Waals surface area contributed by atoms with E-state index in [1.807, 2.05) is 28.8 Å². The SMILES string of the molecule is c1ccn2c(C3CCCCO3)nnc2c1. The van der Waals surface area contributed by atoms with Gasteiger partial charge in [-0.2, -0.15) is 0 Å². The zero-order valence-corrected chi connectivity index (χ0v) is 8.47. The number of hydrogen-bond acceptors (Lipinski definition) is 3. The van der Waals surface area contributed by atoms with Gasteiger partial charge in [0.05, 0.1) is 0 Å². The van der Waals surface area contributed by atoms with Crippen LogP contribution in [0.4, 0.5) is 0 Å². The van der Waals surface area contributed by atoms with Gasteiger partial charge in [-0.1, -0.05) is 6.07 Å². The molecular formula is C11H13N3O. The maximum atomic E-state index is 5.71. The van der Waals surface area contributed by atoms with Crippen molar-refractivity contribution in [3.05, 3.63) is 30.2 Å². The summed E-state index contributed by atoms with van der Waals surface area (Å²) in [7, 11) is 0. The molecule has 3 heterocycles. The summed E-state index contributed by atoms with van der Waals surface area (Å²) >= 11 is 0. The van der Waals surface area contributed by atoms with Crippen molar-refractivity contribution in [3.8, 4) is 0 Å². The Bertz CT molecular complexity index is 460. The quantitative estimate of drug-likeness (QED) is 0.711. The van der Waals surface area contributed by atoms with E-state index in [0.29, 0.717) is 0 Å². The summed E-state index contributed by atoms with van der Waals surface area (Å²) in [5, 5.41) is 8.33. The summed E-state index contributed by atoms with van der Waals surface area (Å²) in [6.45, 7) is 0.840. The topological polar surface area (TPSA) is 39.4 Å². The smallest absolute Gasteiger partial charge is 0.166 e. The largest absolute Gasteiger partial charge is 0.370 e. The van der Waals surface area contributed by atoms with E-state index >= 15 is 0 Å². The zero-order chi connectivity index (χ0) is 10.1. The molecule has 2 aromatic rings. The summed E-state index contributed by atoms with van der Waals surface area (Å²) in [6, 6.07) is 5.91. The standard InChI is InChI=1S/C11H13N3O/c1-3-7-14-10(6-1)12-13-11(14)9-5-2-4-8-15-9/h1,3,6-7,9H,2,4-5,8H2. The molecule has 1 saturated heterocycles. The second kappa shape index (κ2) is 3.62. The summed E-state index contributed by atoms with van der Waals surface area (Å²) in [4.78, 5) is 0. The second-order valence-corrected chi connectivity index (χ2v) is 3.84. The van der Waals surface area contributed by atoms with Gasteiger partial charge < -0.3 is 4.74 Å². The minimum absolute atomic E-state index is 0.121. The minimum atomic E-state index is 0.121. The van der Waals surface area contributed by atoms with Crippen molar-refractivity contribution in [3.63, 3.8) is 0 Å². The highest BCUT2D eigenvalue weighted by molar-refractivity contribution is 5.37. The van der Waals surface area contributed by atoms with Gasteiger partial charge in [-0.15, -0.1) is 10.2 Å². The number of aromatic nitrogens is 3. The Morgan fingerprint density at radius 3 is 3.13 bits per heavy atom. The second-order valence-electron chi connectivity index (χ2n) is 3.84. The van der Waals surface area contributed by atoms with E-state index in [-0.39, 0.29) is 6.10 Å². The van der Waals surface area contributed by atoms with Crippen LogP contribution in [0.25, 0.3) is 5.65 Å². The molecule has 4 nitrogen and oxygen atoms in total. The molecule has 0 amide bonds. The Labute approximate surface area is 87.9 Å². The van der Waals surface area contributed by atoms with Crippen LogP contribution in [-0.4, -0.2) is 21.2 Å². The molecule has 4 heteroatoms. The highest BCUT2D eigenvalue weighted by atomic mass is 16.5. The lowest BCUT2D eigenvalue weighted by atomic mass is 10.1. The van der Waals surface area contributed by atoms with Crippen molar-refractivity contribution in [1.82, 2.24) is 14.6 Å². The monoisotopic (exact) mass is 203 g/mol. The van der Waals surface area contributed by atoms with E-state index < -0.39 is 0 Å². The highest BCUT2D eigenvalue weighted by Gasteiger charge is 2.20. The molecule has 1 aliphatic rings. The van der Waals surface area contributed by atoms with Crippen LogP contribution in [0.2, 0.25) is 0 Å². The van der Waals surface area contributed by atoms with Crippen LogP contribution in [0.1, 0.15) is 31.2 Å². The van der Waals surface area contributed by atoms with E-state index in [2.05, 4.69) is 10.2 Å². The van der Waals surface area contributed by atoms with Gasteiger partial charge in [0.25, 0.3) is 0 Å². The number of nitrogens with zero attached hydrogens (tertiary/aromatic N) is 3. The maximum absolute atomic E-state index is 5.71. The fourth-order valence-corrected chi connectivity index (χ4v) is 2.02. The summed E-state index contributed by atoms with van der Waals surface area (Å²) < 4.78 is 7.72. The van der Waals surface area contributed by atoms with Gasteiger partial charge >= 0.3 is 0 Å². The lowest BCUT2D eigenvalue weighted by molar-refractivity contribution is 0.00886. The number of hydrogen-bond donors (Lipinski definition) is 0. The molecule has 0 bridgehead atoms. The van der Waals surface area contributed by atoms with Crippen molar-refractivity contribution >= 4 is 5.65 Å². The molecular weight excluding hydrogens is 190 g/mol. The molecule has 0 aliphatic carbocycles. The molecule has 15 heavy (non-hydrogen) atoms. The number of fused-ring (bicyclic) bond motifs is 1. The third kappa shape index (κ3) is 1.51. The van der Waals surface area contributed by atoms with E-state index in [9.17, 15) is 0 Å². The molecule has 1 fully saturated rings. The van der Waals surface area contributed by atoms with Gasteiger partial charge in [0.1, 0.15) is 6.10 Å². The number of rotatable bonds is 1. The predicted molar refractivity (Wildman–Crippen MR) is 55.5 cm³/mol. The third-order valence-corrected chi connectivity index (χ3v) is 2.81. The lowest BCUT2D eigenvalue weighted by Crippen LogP contribution is -2.14. The predicted octanol–water partition coefficient (Wildman–Crippen LogP) is 1.97. The van der Waals surface area contributed by atoms with E-state index in [0.717, 1.165) is 30.9 Å². The molecule has 1 aliphatic heterocycles. The first-order chi connectivity index (χ1) is 7.45. The molecule has 0 N–H and O–H groups in total. The van der Waals surface area contributed by atoms with Gasteiger partial charge in [0.2, 0.25) is 0 Å². The Kier molecular flexibility index (Phi) is 2.14.